The standard InChI is InChI=1S/C11H11N2O2/c14-10(15)9-11(4-8(11)6-13-9)7-2-1-3-12-5-7/h1-3,8-9,13H,4,6H2,(H,14,15). The van der Waals surface area contributed by atoms with Crippen molar-refractivity contribution in [2.75, 3.05) is 6.54 Å². The summed E-state index contributed by atoms with van der Waals surface area (Å²) in [5.74, 6) is -0.327. The van der Waals surface area contributed by atoms with Crippen LogP contribution in [-0.2, 0) is 10.2 Å². The Kier molecular flexibility index (Phi) is 1.65. The molecule has 2 N–H and O–H groups in total. The molecule has 77 valence electrons. The van der Waals surface area contributed by atoms with Crippen LogP contribution in [0, 0.1) is 12.1 Å². The SMILES string of the molecule is O=C(O)C1NCC2CC21c1[c]nccc1. The molecule has 1 aliphatic heterocycles. The smallest absolute Gasteiger partial charge is 0.321 e. The summed E-state index contributed by atoms with van der Waals surface area (Å²) in [6.45, 7) is 0.791. The van der Waals surface area contributed by atoms with Crippen LogP contribution in [-0.4, -0.2) is 28.6 Å². The number of fused-ring (bicyclic) bond motifs is 1. The number of aromatic nitrogens is 1. The topological polar surface area (TPSA) is 62.2 Å². The molecule has 2 heterocycles. The maximum absolute atomic E-state index is 11.1. The van der Waals surface area contributed by atoms with Crippen LogP contribution >= 0.6 is 0 Å². The number of carbonyl (C=O) groups is 1. The highest BCUT2D eigenvalue weighted by Gasteiger charge is 2.66. The zero-order valence-electron chi connectivity index (χ0n) is 8.10. The summed E-state index contributed by atoms with van der Waals surface area (Å²) in [4.78, 5) is 15.1. The Morgan fingerprint density at radius 2 is 2.60 bits per heavy atom. The third-order valence-electron chi connectivity index (χ3n) is 3.59. The van der Waals surface area contributed by atoms with Gasteiger partial charge in [-0.15, -0.1) is 0 Å². The maximum atomic E-state index is 11.1. The molecule has 0 spiro atoms. The Labute approximate surface area is 87.3 Å². The number of rotatable bonds is 2. The van der Waals surface area contributed by atoms with Gasteiger partial charge in [-0.2, -0.15) is 0 Å². The number of carboxylic acid groups (broad SMARTS) is 1. The van der Waals surface area contributed by atoms with Gasteiger partial charge in [0.25, 0.3) is 0 Å². The van der Waals surface area contributed by atoms with E-state index >= 15 is 0 Å². The molecule has 4 nitrogen and oxygen atoms in total. The molecule has 0 bridgehead atoms. The fraction of sp³-hybridized carbons (Fsp3) is 0.455. The summed E-state index contributed by atoms with van der Waals surface area (Å²) < 4.78 is 0. The molecule has 1 aromatic rings. The maximum Gasteiger partial charge on any atom is 0.321 e. The first kappa shape index (κ1) is 8.85. The van der Waals surface area contributed by atoms with E-state index in [0.29, 0.717) is 5.92 Å². The van der Waals surface area contributed by atoms with E-state index in [-0.39, 0.29) is 5.41 Å². The molecule has 15 heavy (non-hydrogen) atoms. The van der Waals surface area contributed by atoms with Gasteiger partial charge < -0.3 is 10.4 Å². The highest BCUT2D eigenvalue weighted by molar-refractivity contribution is 5.78. The van der Waals surface area contributed by atoms with Crippen molar-refractivity contribution in [3.63, 3.8) is 0 Å². The lowest BCUT2D eigenvalue weighted by molar-refractivity contribution is -0.139. The first-order chi connectivity index (χ1) is 7.25. The number of carboxylic acids is 1. The van der Waals surface area contributed by atoms with Gasteiger partial charge in [-0.1, -0.05) is 6.07 Å². The minimum atomic E-state index is -0.771. The Morgan fingerprint density at radius 1 is 1.73 bits per heavy atom. The Bertz CT molecular complexity index is 406. The zero-order chi connectivity index (χ0) is 10.5. The molecule has 3 rings (SSSR count). The van der Waals surface area contributed by atoms with Crippen molar-refractivity contribution in [2.45, 2.75) is 17.9 Å². The van der Waals surface area contributed by atoms with Gasteiger partial charge in [0.2, 0.25) is 0 Å². The number of hydrogen-bond acceptors (Lipinski definition) is 3. The van der Waals surface area contributed by atoms with Gasteiger partial charge in [-0.05, 0) is 30.5 Å². The summed E-state index contributed by atoms with van der Waals surface area (Å²) >= 11 is 0. The normalized spacial score (nSPS) is 37.3. The highest BCUT2D eigenvalue weighted by Crippen LogP contribution is 2.59. The van der Waals surface area contributed by atoms with E-state index in [2.05, 4.69) is 16.5 Å². The van der Waals surface area contributed by atoms with Gasteiger partial charge in [0, 0.05) is 11.6 Å². The number of nitrogens with zero attached hydrogens (tertiary/aromatic N) is 1. The van der Waals surface area contributed by atoms with Crippen LogP contribution in [0.4, 0.5) is 0 Å². The molecular weight excluding hydrogens is 192 g/mol. The molecule has 1 saturated heterocycles. The van der Waals surface area contributed by atoms with Gasteiger partial charge in [0.15, 0.2) is 0 Å². The van der Waals surface area contributed by atoms with Crippen LogP contribution in [0.15, 0.2) is 18.3 Å². The lowest BCUT2D eigenvalue weighted by Gasteiger charge is -2.19. The molecule has 2 aliphatic rings. The molecule has 1 radical (unpaired) electrons. The van der Waals surface area contributed by atoms with Crippen molar-refractivity contribution in [1.29, 1.82) is 0 Å². The van der Waals surface area contributed by atoms with Crippen molar-refractivity contribution in [3.8, 4) is 0 Å². The van der Waals surface area contributed by atoms with Crippen molar-refractivity contribution in [1.82, 2.24) is 10.3 Å². The van der Waals surface area contributed by atoms with Crippen LogP contribution in [0.5, 0.6) is 0 Å². The fourth-order valence-electron chi connectivity index (χ4n) is 2.78. The fourth-order valence-corrected chi connectivity index (χ4v) is 2.78. The van der Waals surface area contributed by atoms with Gasteiger partial charge in [0.1, 0.15) is 6.04 Å². The second-order valence-electron chi connectivity index (χ2n) is 4.28. The number of pyridine rings is 1. The van der Waals surface area contributed by atoms with E-state index in [1.807, 2.05) is 12.1 Å². The lowest BCUT2D eigenvalue weighted by atomic mass is 9.89. The molecule has 4 heteroatoms. The predicted octanol–water partition coefficient (Wildman–Crippen LogP) is 0.196. The Morgan fingerprint density at radius 3 is 3.20 bits per heavy atom. The molecule has 1 aromatic heterocycles. The number of aliphatic carboxylic acids is 1. The average molecular weight is 203 g/mol. The number of hydrogen-bond donors (Lipinski definition) is 2. The van der Waals surface area contributed by atoms with E-state index in [9.17, 15) is 4.79 Å². The van der Waals surface area contributed by atoms with Gasteiger partial charge in [-0.25, -0.2) is 0 Å². The van der Waals surface area contributed by atoms with Crippen LogP contribution < -0.4 is 5.32 Å². The minimum Gasteiger partial charge on any atom is -0.480 e. The summed E-state index contributed by atoms with van der Waals surface area (Å²) in [5.41, 5.74) is 0.701. The average Bonchev–Trinajstić information content (AvgIpc) is 2.86. The highest BCUT2D eigenvalue weighted by atomic mass is 16.4. The third kappa shape index (κ3) is 1.05. The van der Waals surface area contributed by atoms with E-state index in [1.54, 1.807) is 6.20 Å². The monoisotopic (exact) mass is 203 g/mol. The molecular formula is C11H11N2O2. The largest absolute Gasteiger partial charge is 0.480 e. The minimum absolute atomic E-state index is 0.236. The van der Waals surface area contributed by atoms with Crippen molar-refractivity contribution in [3.05, 3.63) is 30.1 Å². The molecule has 0 amide bonds. The Balaban J connectivity index is 2.02. The number of piperidine rings is 1. The van der Waals surface area contributed by atoms with Gasteiger partial charge in [0.05, 0.1) is 6.20 Å². The predicted molar refractivity (Wildman–Crippen MR) is 52.3 cm³/mol. The molecule has 3 atom stereocenters. The van der Waals surface area contributed by atoms with Crippen molar-refractivity contribution >= 4 is 5.97 Å². The van der Waals surface area contributed by atoms with Crippen LogP contribution in [0.2, 0.25) is 0 Å². The van der Waals surface area contributed by atoms with E-state index in [1.165, 1.54) is 0 Å². The summed E-state index contributed by atoms with van der Waals surface area (Å²) in [6, 6.07) is 3.30. The first-order valence-corrected chi connectivity index (χ1v) is 5.04. The molecule has 1 aliphatic carbocycles. The second kappa shape index (κ2) is 2.79. The van der Waals surface area contributed by atoms with Crippen LogP contribution in [0.25, 0.3) is 0 Å². The van der Waals surface area contributed by atoms with Crippen molar-refractivity contribution in [2.24, 2.45) is 5.92 Å². The first-order valence-electron chi connectivity index (χ1n) is 5.04. The second-order valence-corrected chi connectivity index (χ2v) is 4.28. The summed E-state index contributed by atoms with van der Waals surface area (Å²) in [6.07, 6.45) is 5.53. The van der Waals surface area contributed by atoms with Crippen LogP contribution in [0.1, 0.15) is 12.0 Å². The molecule has 2 fully saturated rings. The van der Waals surface area contributed by atoms with E-state index < -0.39 is 12.0 Å². The Hall–Kier alpha value is -1.42. The number of nitrogens with one attached hydrogen (secondary N) is 1. The summed E-state index contributed by atoms with van der Waals surface area (Å²) in [7, 11) is 0. The van der Waals surface area contributed by atoms with Gasteiger partial charge in [-0.3, -0.25) is 9.78 Å². The lowest BCUT2D eigenvalue weighted by Crippen LogP contribution is -2.41. The molecule has 1 saturated carbocycles. The van der Waals surface area contributed by atoms with E-state index in [4.69, 9.17) is 5.11 Å². The quantitative estimate of drug-likeness (QED) is 0.720. The molecule has 3 unspecified atom stereocenters. The van der Waals surface area contributed by atoms with Gasteiger partial charge >= 0.3 is 5.97 Å². The summed E-state index contributed by atoms with van der Waals surface area (Å²) in [5, 5.41) is 12.2. The van der Waals surface area contributed by atoms with E-state index in [0.717, 1.165) is 18.5 Å². The third-order valence-corrected chi connectivity index (χ3v) is 3.59. The molecule has 0 aromatic carbocycles. The van der Waals surface area contributed by atoms with Crippen molar-refractivity contribution < 1.29 is 9.90 Å². The zero-order valence-corrected chi connectivity index (χ0v) is 8.10. The van der Waals surface area contributed by atoms with Crippen LogP contribution in [0.3, 0.4) is 0 Å².